The van der Waals surface area contributed by atoms with E-state index in [1.807, 2.05) is 6.92 Å². The van der Waals surface area contributed by atoms with Crippen molar-refractivity contribution in [3.05, 3.63) is 34.3 Å². The molecule has 0 amide bonds. The molecule has 1 N–H and O–H groups in total. The van der Waals surface area contributed by atoms with Crippen LogP contribution in [0.15, 0.2) is 18.2 Å². The van der Waals surface area contributed by atoms with Gasteiger partial charge in [0.15, 0.2) is 0 Å². The van der Waals surface area contributed by atoms with Crippen LogP contribution in [0.3, 0.4) is 0 Å². The molecule has 0 radical (unpaired) electrons. The lowest BCUT2D eigenvalue weighted by atomic mass is 9.97. The van der Waals surface area contributed by atoms with Crippen molar-refractivity contribution in [2.24, 2.45) is 0 Å². The highest BCUT2D eigenvalue weighted by Crippen LogP contribution is 2.35. The molecule has 0 spiro atoms. The van der Waals surface area contributed by atoms with Crippen LogP contribution in [-0.2, 0) is 6.18 Å². The molecule has 1 aromatic rings. The monoisotopic (exact) mass is 392 g/mol. The summed E-state index contributed by atoms with van der Waals surface area (Å²) in [6.45, 7) is 5.47. The van der Waals surface area contributed by atoms with E-state index < -0.39 is 11.7 Å². The minimum Gasteiger partial charge on any atom is -0.314 e. The molecular weight excluding hydrogens is 372 g/mol. The lowest BCUT2D eigenvalue weighted by Crippen LogP contribution is -2.45. The minimum absolute atomic E-state index is 0. The Kier molecular flexibility index (Phi) is 9.86. The summed E-state index contributed by atoms with van der Waals surface area (Å²) in [4.78, 5) is 2.24. The van der Waals surface area contributed by atoms with E-state index in [-0.39, 0.29) is 35.9 Å². The normalized spacial score (nSPS) is 17.1. The van der Waals surface area contributed by atoms with Crippen molar-refractivity contribution >= 4 is 36.4 Å². The summed E-state index contributed by atoms with van der Waals surface area (Å²) in [5.41, 5.74) is -0.000174. The molecule has 0 unspecified atom stereocenters. The third-order valence-corrected chi connectivity index (χ3v) is 4.00. The molecule has 1 aliphatic heterocycles. The molecule has 1 aromatic carbocycles. The fourth-order valence-electron chi connectivity index (χ4n) is 2.80. The highest BCUT2D eigenvalue weighted by atomic mass is 35.5. The molecule has 8 heteroatoms. The molecule has 0 aromatic heterocycles. The number of alkyl halides is 3. The van der Waals surface area contributed by atoms with Gasteiger partial charge in [-0.05, 0) is 30.2 Å². The molecule has 134 valence electrons. The molecule has 0 saturated carbocycles. The van der Waals surface area contributed by atoms with Crippen LogP contribution < -0.4 is 5.32 Å². The van der Waals surface area contributed by atoms with E-state index in [4.69, 9.17) is 11.6 Å². The summed E-state index contributed by atoms with van der Waals surface area (Å²) in [6, 6.07) is 3.90. The summed E-state index contributed by atoms with van der Waals surface area (Å²) in [5, 5.41) is 3.41. The van der Waals surface area contributed by atoms with Crippen LogP contribution in [0.2, 0.25) is 5.02 Å². The van der Waals surface area contributed by atoms with E-state index in [0.29, 0.717) is 5.56 Å². The number of hydrogen-bond acceptors (Lipinski definition) is 2. The van der Waals surface area contributed by atoms with Gasteiger partial charge in [-0.2, -0.15) is 13.2 Å². The summed E-state index contributed by atoms with van der Waals surface area (Å²) in [7, 11) is 0. The van der Waals surface area contributed by atoms with Crippen LogP contribution in [0, 0.1) is 0 Å². The van der Waals surface area contributed by atoms with E-state index in [2.05, 4.69) is 10.2 Å². The highest BCUT2D eigenvalue weighted by molar-refractivity contribution is 6.30. The maximum absolute atomic E-state index is 13.0. The van der Waals surface area contributed by atoms with Gasteiger partial charge >= 0.3 is 6.18 Å². The van der Waals surface area contributed by atoms with Gasteiger partial charge in [-0.3, -0.25) is 4.90 Å². The van der Waals surface area contributed by atoms with Crippen LogP contribution in [0.25, 0.3) is 0 Å². The van der Waals surface area contributed by atoms with Crippen LogP contribution in [0.1, 0.15) is 36.9 Å². The van der Waals surface area contributed by atoms with E-state index in [0.717, 1.165) is 45.1 Å². The third-order valence-electron chi connectivity index (χ3n) is 3.79. The molecule has 23 heavy (non-hydrogen) atoms. The molecule has 1 heterocycles. The van der Waals surface area contributed by atoms with Crippen molar-refractivity contribution in [1.82, 2.24) is 10.2 Å². The standard InChI is InChI=1S/C15H20ClF3N2.2ClH/c1-2-3-14(21-6-4-20-5-7-21)11-8-12(15(17,18)19)10-13(16)9-11;;/h8-10,14,20H,2-7H2,1H3;2*1H/t14-;;/m0../s1. The second-order valence-electron chi connectivity index (χ2n) is 5.36. The van der Waals surface area contributed by atoms with Gasteiger partial charge in [0.1, 0.15) is 0 Å². The van der Waals surface area contributed by atoms with Gasteiger partial charge in [-0.15, -0.1) is 24.8 Å². The fourth-order valence-corrected chi connectivity index (χ4v) is 3.04. The zero-order chi connectivity index (χ0) is 15.5. The maximum atomic E-state index is 13.0. The number of nitrogens with one attached hydrogen (secondary N) is 1. The Labute approximate surface area is 152 Å². The molecular formula is C15H22Cl3F3N2. The third kappa shape index (κ3) is 6.31. The van der Waals surface area contributed by atoms with Gasteiger partial charge in [-0.25, -0.2) is 0 Å². The number of nitrogens with zero attached hydrogens (tertiary/aromatic N) is 1. The maximum Gasteiger partial charge on any atom is 0.416 e. The largest absolute Gasteiger partial charge is 0.416 e. The molecule has 1 fully saturated rings. The SMILES string of the molecule is CCC[C@@H](c1cc(Cl)cc(C(F)(F)F)c1)N1CCNCC1.Cl.Cl. The Balaban J connectivity index is 0.00000242. The summed E-state index contributed by atoms with van der Waals surface area (Å²) in [6.07, 6.45) is -2.61. The van der Waals surface area contributed by atoms with Crippen LogP contribution in [0.4, 0.5) is 13.2 Å². The van der Waals surface area contributed by atoms with Crippen molar-refractivity contribution in [2.75, 3.05) is 26.2 Å². The Bertz CT molecular complexity index is 478. The second kappa shape index (κ2) is 9.94. The lowest BCUT2D eigenvalue weighted by molar-refractivity contribution is -0.137. The van der Waals surface area contributed by atoms with Crippen LogP contribution in [-0.4, -0.2) is 31.1 Å². The molecule has 2 rings (SSSR count). The Morgan fingerprint density at radius 3 is 2.30 bits per heavy atom. The number of halogens is 6. The average Bonchev–Trinajstić information content (AvgIpc) is 2.44. The highest BCUT2D eigenvalue weighted by Gasteiger charge is 2.32. The quantitative estimate of drug-likeness (QED) is 0.778. The first-order valence-corrected chi connectivity index (χ1v) is 7.62. The van der Waals surface area contributed by atoms with Crippen LogP contribution >= 0.6 is 36.4 Å². The van der Waals surface area contributed by atoms with Gasteiger partial charge in [0.05, 0.1) is 5.56 Å². The van der Waals surface area contributed by atoms with Gasteiger partial charge in [0.2, 0.25) is 0 Å². The number of hydrogen-bond donors (Lipinski definition) is 1. The molecule has 0 bridgehead atoms. The average molecular weight is 394 g/mol. The van der Waals surface area contributed by atoms with Crippen molar-refractivity contribution in [3.63, 3.8) is 0 Å². The van der Waals surface area contributed by atoms with Gasteiger partial charge in [0, 0.05) is 37.2 Å². The Morgan fingerprint density at radius 2 is 1.78 bits per heavy atom. The van der Waals surface area contributed by atoms with Crippen molar-refractivity contribution < 1.29 is 13.2 Å². The summed E-state index contributed by atoms with van der Waals surface area (Å²) >= 11 is 5.91. The first-order valence-electron chi connectivity index (χ1n) is 7.24. The molecule has 0 aliphatic carbocycles. The molecule has 1 saturated heterocycles. The fraction of sp³-hybridized carbons (Fsp3) is 0.600. The predicted molar refractivity (Wildman–Crippen MR) is 93.0 cm³/mol. The van der Waals surface area contributed by atoms with Gasteiger partial charge < -0.3 is 5.32 Å². The zero-order valence-corrected chi connectivity index (χ0v) is 15.2. The Hall–Kier alpha value is -0.200. The van der Waals surface area contributed by atoms with E-state index in [1.165, 1.54) is 6.07 Å². The summed E-state index contributed by atoms with van der Waals surface area (Å²) < 4.78 is 38.9. The Morgan fingerprint density at radius 1 is 1.17 bits per heavy atom. The number of piperazine rings is 1. The van der Waals surface area contributed by atoms with Gasteiger partial charge in [0.25, 0.3) is 0 Å². The molecule has 1 atom stereocenters. The second-order valence-corrected chi connectivity index (χ2v) is 5.80. The van der Waals surface area contributed by atoms with E-state index in [1.54, 1.807) is 6.07 Å². The smallest absolute Gasteiger partial charge is 0.314 e. The predicted octanol–water partition coefficient (Wildman–Crippen LogP) is 4.95. The van der Waals surface area contributed by atoms with E-state index >= 15 is 0 Å². The van der Waals surface area contributed by atoms with Crippen molar-refractivity contribution in [2.45, 2.75) is 32.0 Å². The first-order chi connectivity index (χ1) is 9.91. The zero-order valence-electron chi connectivity index (χ0n) is 12.8. The number of rotatable bonds is 4. The molecule has 1 aliphatic rings. The van der Waals surface area contributed by atoms with Crippen LogP contribution in [0.5, 0.6) is 0 Å². The molecule has 2 nitrogen and oxygen atoms in total. The van der Waals surface area contributed by atoms with E-state index in [9.17, 15) is 13.2 Å². The summed E-state index contributed by atoms with van der Waals surface area (Å²) in [5.74, 6) is 0. The minimum atomic E-state index is -4.36. The lowest BCUT2D eigenvalue weighted by Gasteiger charge is -2.35. The van der Waals surface area contributed by atoms with Crippen molar-refractivity contribution in [1.29, 1.82) is 0 Å². The van der Waals surface area contributed by atoms with Crippen molar-refractivity contribution in [3.8, 4) is 0 Å². The topological polar surface area (TPSA) is 15.3 Å². The first kappa shape index (κ1) is 22.8. The number of benzene rings is 1. The van der Waals surface area contributed by atoms with Gasteiger partial charge in [-0.1, -0.05) is 24.9 Å².